The molecule has 1 aliphatic heterocycles. The molecule has 0 saturated carbocycles. The topological polar surface area (TPSA) is 46.2 Å². The second-order valence-corrected chi connectivity index (χ2v) is 8.35. The van der Waals surface area contributed by atoms with Gasteiger partial charge in [0.05, 0.1) is 11.5 Å². The fourth-order valence-electron chi connectivity index (χ4n) is 2.75. The van der Waals surface area contributed by atoms with Gasteiger partial charge in [-0.15, -0.1) is 0 Å². The molecule has 1 N–H and O–H groups in total. The summed E-state index contributed by atoms with van der Waals surface area (Å²) in [5.41, 5.74) is 0.875. The molecule has 0 aliphatic carbocycles. The third-order valence-corrected chi connectivity index (χ3v) is 6.32. The minimum absolute atomic E-state index is 0.0652. The maximum Gasteiger partial charge on any atom is 0.150 e. The minimum Gasteiger partial charge on any atom is -0.314 e. The van der Waals surface area contributed by atoms with Gasteiger partial charge in [-0.05, 0) is 49.1 Å². The van der Waals surface area contributed by atoms with Crippen LogP contribution in [0.5, 0.6) is 0 Å². The van der Waals surface area contributed by atoms with Gasteiger partial charge in [-0.25, -0.2) is 12.8 Å². The zero-order valence-electron chi connectivity index (χ0n) is 11.4. The van der Waals surface area contributed by atoms with Gasteiger partial charge in [0.15, 0.2) is 9.84 Å². The highest BCUT2D eigenvalue weighted by Gasteiger charge is 2.33. The molecular formula is C14H19BrFNO2S. The molecule has 1 aliphatic rings. The van der Waals surface area contributed by atoms with Crippen molar-refractivity contribution in [3.63, 3.8) is 0 Å². The third kappa shape index (κ3) is 4.02. The molecule has 2 rings (SSSR count). The third-order valence-electron chi connectivity index (χ3n) is 3.75. The first-order valence-corrected chi connectivity index (χ1v) is 9.40. The number of halogens is 2. The van der Waals surface area contributed by atoms with Gasteiger partial charge in [-0.3, -0.25) is 0 Å². The van der Waals surface area contributed by atoms with Crippen molar-refractivity contribution in [2.75, 3.05) is 18.1 Å². The molecule has 0 amide bonds. The Bertz CT molecular complexity index is 577. The van der Waals surface area contributed by atoms with Crippen molar-refractivity contribution in [3.05, 3.63) is 34.1 Å². The molecule has 3 nitrogen and oxygen atoms in total. The number of nitrogens with one attached hydrogen (secondary N) is 1. The first-order chi connectivity index (χ1) is 9.41. The fourth-order valence-corrected chi connectivity index (χ4v) is 5.03. The van der Waals surface area contributed by atoms with E-state index in [0.29, 0.717) is 12.8 Å². The van der Waals surface area contributed by atoms with Gasteiger partial charge < -0.3 is 5.32 Å². The first-order valence-electron chi connectivity index (χ1n) is 6.79. The molecule has 0 bridgehead atoms. The van der Waals surface area contributed by atoms with Crippen LogP contribution in [0, 0.1) is 11.7 Å². The van der Waals surface area contributed by atoms with Crippen LogP contribution in [0.25, 0.3) is 0 Å². The molecule has 6 heteroatoms. The Morgan fingerprint density at radius 1 is 1.50 bits per heavy atom. The summed E-state index contributed by atoms with van der Waals surface area (Å²) in [6, 6.07) is 4.68. The average Bonchev–Trinajstić information content (AvgIpc) is 2.73. The van der Waals surface area contributed by atoms with Crippen molar-refractivity contribution in [1.29, 1.82) is 0 Å². The average molecular weight is 364 g/mol. The summed E-state index contributed by atoms with van der Waals surface area (Å²) in [6.45, 7) is 2.77. The van der Waals surface area contributed by atoms with Crippen LogP contribution in [0.3, 0.4) is 0 Å². The van der Waals surface area contributed by atoms with Gasteiger partial charge >= 0.3 is 0 Å². The van der Waals surface area contributed by atoms with E-state index < -0.39 is 9.84 Å². The molecule has 0 radical (unpaired) electrons. The van der Waals surface area contributed by atoms with Gasteiger partial charge in [-0.1, -0.05) is 22.9 Å². The van der Waals surface area contributed by atoms with E-state index in [1.165, 1.54) is 12.1 Å². The van der Waals surface area contributed by atoms with Gasteiger partial charge in [0.1, 0.15) is 5.82 Å². The monoisotopic (exact) mass is 363 g/mol. The largest absolute Gasteiger partial charge is 0.314 e. The van der Waals surface area contributed by atoms with Crippen LogP contribution < -0.4 is 5.32 Å². The normalized spacial score (nSPS) is 22.9. The Labute approximate surface area is 128 Å². The highest BCUT2D eigenvalue weighted by Crippen LogP contribution is 2.26. The Hall–Kier alpha value is -0.460. The number of sulfone groups is 1. The lowest BCUT2D eigenvalue weighted by Crippen LogP contribution is -2.38. The summed E-state index contributed by atoms with van der Waals surface area (Å²) in [5, 5.41) is 3.35. The van der Waals surface area contributed by atoms with Crippen molar-refractivity contribution in [3.8, 4) is 0 Å². The maximum absolute atomic E-state index is 13.3. The minimum atomic E-state index is -2.90. The van der Waals surface area contributed by atoms with Crippen molar-refractivity contribution in [1.82, 2.24) is 5.32 Å². The highest BCUT2D eigenvalue weighted by molar-refractivity contribution is 9.10. The van der Waals surface area contributed by atoms with Crippen LogP contribution in [0.2, 0.25) is 0 Å². The molecule has 0 spiro atoms. The molecule has 112 valence electrons. The molecule has 0 aromatic heterocycles. The van der Waals surface area contributed by atoms with E-state index in [2.05, 4.69) is 21.2 Å². The number of likely N-dealkylation sites (N-methyl/N-ethyl adjacent to an activating group) is 1. The number of hydrogen-bond acceptors (Lipinski definition) is 3. The van der Waals surface area contributed by atoms with Crippen molar-refractivity contribution < 1.29 is 12.8 Å². The molecule has 20 heavy (non-hydrogen) atoms. The summed E-state index contributed by atoms with van der Waals surface area (Å²) >= 11 is 3.43. The van der Waals surface area contributed by atoms with Gasteiger partial charge in [0, 0.05) is 10.5 Å². The SMILES string of the molecule is CCNC(Cc1cc(F)ccc1Br)C1CCS(=O)(=O)C1. The molecule has 1 fully saturated rings. The van der Waals surface area contributed by atoms with Gasteiger partial charge in [0.2, 0.25) is 0 Å². The van der Waals surface area contributed by atoms with E-state index in [0.717, 1.165) is 16.6 Å². The molecule has 1 saturated heterocycles. The molecule has 1 aromatic carbocycles. The number of rotatable bonds is 5. The zero-order valence-corrected chi connectivity index (χ0v) is 13.8. The fraction of sp³-hybridized carbons (Fsp3) is 0.571. The summed E-state index contributed by atoms with van der Waals surface area (Å²) in [4.78, 5) is 0. The Balaban J connectivity index is 2.15. The van der Waals surface area contributed by atoms with E-state index >= 15 is 0 Å². The quantitative estimate of drug-likeness (QED) is 0.874. The van der Waals surface area contributed by atoms with Crippen LogP contribution in [0.1, 0.15) is 18.9 Å². The second-order valence-electron chi connectivity index (χ2n) is 5.27. The van der Waals surface area contributed by atoms with E-state index in [1.54, 1.807) is 6.07 Å². The summed E-state index contributed by atoms with van der Waals surface area (Å²) in [5.74, 6) is 0.342. The van der Waals surface area contributed by atoms with Crippen LogP contribution in [-0.2, 0) is 16.3 Å². The Kier molecular flexibility index (Phi) is 5.20. The van der Waals surface area contributed by atoms with Crippen LogP contribution in [0.4, 0.5) is 4.39 Å². The first kappa shape index (κ1) is 15.9. The lowest BCUT2D eigenvalue weighted by molar-refractivity contribution is 0.385. The molecule has 1 aromatic rings. The zero-order chi connectivity index (χ0) is 14.8. The predicted molar refractivity (Wildman–Crippen MR) is 82.0 cm³/mol. The second kappa shape index (κ2) is 6.54. The maximum atomic E-state index is 13.3. The lowest BCUT2D eigenvalue weighted by Gasteiger charge is -2.24. The predicted octanol–water partition coefficient (Wildman–Crippen LogP) is 2.54. The smallest absolute Gasteiger partial charge is 0.150 e. The van der Waals surface area contributed by atoms with E-state index in [9.17, 15) is 12.8 Å². The van der Waals surface area contributed by atoms with Crippen molar-refractivity contribution >= 4 is 25.8 Å². The standard InChI is InChI=1S/C14H19BrFNO2S/c1-2-17-14(10-5-6-20(18,19)9-10)8-11-7-12(16)3-4-13(11)15/h3-4,7,10,14,17H,2,5-6,8-9H2,1H3. The summed E-state index contributed by atoms with van der Waals surface area (Å²) in [6.07, 6.45) is 1.32. The number of hydrogen-bond donors (Lipinski definition) is 1. The van der Waals surface area contributed by atoms with Crippen LogP contribution >= 0.6 is 15.9 Å². The van der Waals surface area contributed by atoms with E-state index in [4.69, 9.17) is 0 Å². The summed E-state index contributed by atoms with van der Waals surface area (Å²) in [7, 11) is -2.90. The lowest BCUT2D eigenvalue weighted by atomic mass is 9.93. The van der Waals surface area contributed by atoms with Crippen molar-refractivity contribution in [2.45, 2.75) is 25.8 Å². The Morgan fingerprint density at radius 2 is 2.25 bits per heavy atom. The van der Waals surface area contributed by atoms with Crippen LogP contribution in [-0.4, -0.2) is 32.5 Å². The van der Waals surface area contributed by atoms with Crippen LogP contribution in [0.15, 0.2) is 22.7 Å². The molecule has 1 heterocycles. The summed E-state index contributed by atoms with van der Waals surface area (Å²) < 4.78 is 37.5. The van der Waals surface area contributed by atoms with Crippen molar-refractivity contribution in [2.24, 2.45) is 5.92 Å². The van der Waals surface area contributed by atoms with Gasteiger partial charge in [-0.2, -0.15) is 0 Å². The van der Waals surface area contributed by atoms with Gasteiger partial charge in [0.25, 0.3) is 0 Å². The molecule has 2 unspecified atom stereocenters. The molecule has 2 atom stereocenters. The highest BCUT2D eigenvalue weighted by atomic mass is 79.9. The van der Waals surface area contributed by atoms with E-state index in [1.807, 2.05) is 6.92 Å². The Morgan fingerprint density at radius 3 is 2.85 bits per heavy atom. The van der Waals surface area contributed by atoms with E-state index in [-0.39, 0.29) is 29.3 Å². The molecular weight excluding hydrogens is 345 g/mol. The number of benzene rings is 1.